The van der Waals surface area contributed by atoms with Gasteiger partial charge in [0.1, 0.15) is 11.8 Å². The standard InChI is InChI=1S/C11H15N2O2/c1-7(2)15-9-5-3-4-8(6-9)10(12)11(13)14/h3-7,10,13H,12H2,1-2H3. The molecule has 1 aromatic carbocycles. The van der Waals surface area contributed by atoms with Crippen LogP contribution in [0.25, 0.3) is 0 Å². The number of hydrogen-bond donors (Lipinski definition) is 1. The molecule has 0 saturated heterocycles. The van der Waals surface area contributed by atoms with Crippen LogP contribution < -0.4 is 16.2 Å². The molecule has 81 valence electrons. The second-order valence-corrected chi connectivity index (χ2v) is 3.58. The van der Waals surface area contributed by atoms with Gasteiger partial charge in [-0.05, 0) is 31.5 Å². The molecule has 4 heteroatoms. The van der Waals surface area contributed by atoms with Gasteiger partial charge in [0.05, 0.1) is 6.10 Å². The molecular formula is C11H15N2O2. The second-order valence-electron chi connectivity index (χ2n) is 3.58. The van der Waals surface area contributed by atoms with Gasteiger partial charge < -0.3 is 10.5 Å². The first-order chi connectivity index (χ1) is 7.00. The first-order valence-electron chi connectivity index (χ1n) is 4.78. The third-order valence-corrected chi connectivity index (χ3v) is 1.87. The van der Waals surface area contributed by atoms with Crippen molar-refractivity contribution in [3.8, 4) is 5.75 Å². The quantitative estimate of drug-likeness (QED) is 0.808. The predicted molar refractivity (Wildman–Crippen MR) is 57.2 cm³/mol. The summed E-state index contributed by atoms with van der Waals surface area (Å²) in [5.41, 5.74) is 13.1. The number of rotatable bonds is 4. The van der Waals surface area contributed by atoms with Gasteiger partial charge in [-0.25, -0.2) is 0 Å². The van der Waals surface area contributed by atoms with Crippen molar-refractivity contribution in [3.05, 3.63) is 29.8 Å². The largest absolute Gasteiger partial charge is 0.491 e. The summed E-state index contributed by atoms with van der Waals surface area (Å²) >= 11 is 0. The topological polar surface area (TPSA) is 76.1 Å². The Morgan fingerprint density at radius 3 is 2.67 bits per heavy atom. The number of benzene rings is 1. The van der Waals surface area contributed by atoms with Crippen LogP contribution in [0.4, 0.5) is 0 Å². The van der Waals surface area contributed by atoms with Crippen molar-refractivity contribution in [1.29, 1.82) is 0 Å². The highest BCUT2D eigenvalue weighted by Gasteiger charge is 2.13. The monoisotopic (exact) mass is 207 g/mol. The molecule has 0 bridgehead atoms. The lowest BCUT2D eigenvalue weighted by atomic mass is 10.1. The van der Waals surface area contributed by atoms with Crippen molar-refractivity contribution in [3.63, 3.8) is 0 Å². The van der Waals surface area contributed by atoms with Crippen LogP contribution in [0.5, 0.6) is 5.75 Å². The van der Waals surface area contributed by atoms with Gasteiger partial charge in [-0.2, -0.15) is 0 Å². The number of hydrogen-bond acceptors (Lipinski definition) is 3. The van der Waals surface area contributed by atoms with Crippen molar-refractivity contribution in [1.82, 2.24) is 5.73 Å². The number of amides is 1. The molecule has 0 heterocycles. The summed E-state index contributed by atoms with van der Waals surface area (Å²) < 4.78 is 5.46. The number of carbonyl (C=O) groups excluding carboxylic acids is 1. The average Bonchev–Trinajstić information content (AvgIpc) is 2.16. The third-order valence-electron chi connectivity index (χ3n) is 1.87. The van der Waals surface area contributed by atoms with Gasteiger partial charge in [0.25, 0.3) is 5.91 Å². The molecule has 1 amide bonds. The Balaban J connectivity index is 2.87. The van der Waals surface area contributed by atoms with Gasteiger partial charge in [0, 0.05) is 0 Å². The van der Waals surface area contributed by atoms with E-state index in [1.54, 1.807) is 24.3 Å². The van der Waals surface area contributed by atoms with E-state index >= 15 is 0 Å². The van der Waals surface area contributed by atoms with Crippen LogP contribution >= 0.6 is 0 Å². The van der Waals surface area contributed by atoms with Crippen LogP contribution in [-0.2, 0) is 4.79 Å². The lowest BCUT2D eigenvalue weighted by molar-refractivity contribution is -0.120. The van der Waals surface area contributed by atoms with Crippen molar-refractivity contribution in [2.75, 3.05) is 0 Å². The van der Waals surface area contributed by atoms with Gasteiger partial charge in [-0.1, -0.05) is 12.1 Å². The van der Waals surface area contributed by atoms with Gasteiger partial charge in [-0.3, -0.25) is 10.5 Å². The van der Waals surface area contributed by atoms with E-state index in [0.717, 1.165) is 0 Å². The molecule has 3 N–H and O–H groups in total. The molecule has 1 aromatic rings. The molecule has 0 fully saturated rings. The summed E-state index contributed by atoms with van der Waals surface area (Å²) in [6.45, 7) is 3.84. The van der Waals surface area contributed by atoms with Crippen LogP contribution in [0.15, 0.2) is 24.3 Å². The zero-order valence-electron chi connectivity index (χ0n) is 8.86. The smallest absolute Gasteiger partial charge is 0.259 e. The Hall–Kier alpha value is -1.55. The highest BCUT2D eigenvalue weighted by molar-refractivity contribution is 5.80. The van der Waals surface area contributed by atoms with Crippen LogP contribution in [0.3, 0.4) is 0 Å². The molecule has 0 spiro atoms. The molecule has 0 aromatic heterocycles. The molecule has 1 radical (unpaired) electrons. The Morgan fingerprint density at radius 2 is 2.13 bits per heavy atom. The van der Waals surface area contributed by atoms with Crippen LogP contribution in [0, 0.1) is 0 Å². The zero-order valence-corrected chi connectivity index (χ0v) is 8.86. The van der Waals surface area contributed by atoms with Crippen molar-refractivity contribution in [2.45, 2.75) is 26.0 Å². The van der Waals surface area contributed by atoms with Crippen LogP contribution in [0.2, 0.25) is 0 Å². The number of carbonyl (C=O) groups is 1. The highest BCUT2D eigenvalue weighted by atomic mass is 16.5. The SMILES string of the molecule is CC(C)Oc1cccc(C(N)C([NH])=O)c1. The Kier molecular flexibility index (Phi) is 3.68. The highest BCUT2D eigenvalue weighted by Crippen LogP contribution is 2.18. The van der Waals surface area contributed by atoms with Crippen molar-refractivity contribution in [2.24, 2.45) is 5.73 Å². The lowest BCUT2D eigenvalue weighted by Gasteiger charge is -2.12. The maximum atomic E-state index is 10.8. The molecule has 0 saturated carbocycles. The molecule has 0 aliphatic heterocycles. The number of nitrogens with two attached hydrogens (primary N) is 1. The number of nitrogens with one attached hydrogen (secondary N) is 1. The molecule has 15 heavy (non-hydrogen) atoms. The lowest BCUT2D eigenvalue weighted by Crippen LogP contribution is -2.21. The van der Waals surface area contributed by atoms with Gasteiger partial charge in [0.15, 0.2) is 0 Å². The maximum Gasteiger partial charge on any atom is 0.259 e. The minimum atomic E-state index is -0.888. The van der Waals surface area contributed by atoms with E-state index in [-0.39, 0.29) is 6.10 Å². The average molecular weight is 207 g/mol. The first kappa shape index (κ1) is 11.5. The minimum absolute atomic E-state index is 0.0724. The Labute approximate surface area is 89.2 Å². The van der Waals surface area contributed by atoms with Gasteiger partial charge >= 0.3 is 0 Å². The zero-order chi connectivity index (χ0) is 11.4. The van der Waals surface area contributed by atoms with Crippen LogP contribution in [0.1, 0.15) is 25.5 Å². The summed E-state index contributed by atoms with van der Waals surface area (Å²) in [4.78, 5) is 10.8. The normalized spacial score (nSPS) is 12.5. The van der Waals surface area contributed by atoms with E-state index in [2.05, 4.69) is 0 Å². The fourth-order valence-corrected chi connectivity index (χ4v) is 1.20. The number of ether oxygens (including phenoxy) is 1. The van der Waals surface area contributed by atoms with Crippen molar-refractivity contribution >= 4 is 5.91 Å². The maximum absolute atomic E-state index is 10.8. The van der Waals surface area contributed by atoms with E-state index in [1.807, 2.05) is 13.8 Å². The predicted octanol–water partition coefficient (Wildman–Crippen LogP) is 1.28. The van der Waals surface area contributed by atoms with E-state index in [9.17, 15) is 4.79 Å². The first-order valence-corrected chi connectivity index (χ1v) is 4.78. The van der Waals surface area contributed by atoms with Crippen molar-refractivity contribution < 1.29 is 9.53 Å². The molecular weight excluding hydrogens is 192 g/mol. The molecule has 0 aliphatic rings. The molecule has 1 rings (SSSR count). The Morgan fingerprint density at radius 1 is 1.47 bits per heavy atom. The van der Waals surface area contributed by atoms with Gasteiger partial charge in [-0.15, -0.1) is 0 Å². The van der Waals surface area contributed by atoms with E-state index in [4.69, 9.17) is 16.2 Å². The summed E-state index contributed by atoms with van der Waals surface area (Å²) in [5, 5.41) is 0. The van der Waals surface area contributed by atoms with E-state index in [1.165, 1.54) is 0 Å². The minimum Gasteiger partial charge on any atom is -0.491 e. The molecule has 4 nitrogen and oxygen atoms in total. The van der Waals surface area contributed by atoms with E-state index < -0.39 is 11.9 Å². The summed E-state index contributed by atoms with van der Waals surface area (Å²) in [7, 11) is 0. The van der Waals surface area contributed by atoms with Crippen LogP contribution in [-0.4, -0.2) is 12.0 Å². The Bertz CT molecular complexity index is 350. The molecule has 1 atom stereocenters. The molecule has 1 unspecified atom stereocenters. The summed E-state index contributed by atoms with van der Waals surface area (Å²) in [6.07, 6.45) is 0.0724. The second kappa shape index (κ2) is 4.79. The summed E-state index contributed by atoms with van der Waals surface area (Å²) in [6, 6.07) is 6.07. The third kappa shape index (κ3) is 3.25. The van der Waals surface area contributed by atoms with E-state index in [0.29, 0.717) is 11.3 Å². The molecule has 0 aliphatic carbocycles. The summed E-state index contributed by atoms with van der Waals surface area (Å²) in [5.74, 6) is -0.129. The fourth-order valence-electron chi connectivity index (χ4n) is 1.20. The fraction of sp³-hybridized carbons (Fsp3) is 0.364. The van der Waals surface area contributed by atoms with Gasteiger partial charge in [0.2, 0.25) is 0 Å².